The van der Waals surface area contributed by atoms with E-state index in [0.717, 1.165) is 97.5 Å². The number of hydrogen-bond acceptors (Lipinski definition) is 18. The Morgan fingerprint density at radius 2 is 0.824 bits per heavy atom. The molecule has 34 heteroatoms. The molecule has 6 aliphatic heterocycles. The second kappa shape index (κ2) is 40.0. The average molecular weight is 1800 g/mol. The quantitative estimate of drug-likeness (QED) is 0.0470. The summed E-state index contributed by atoms with van der Waals surface area (Å²) in [6.45, 7) is 32.4. The highest BCUT2D eigenvalue weighted by atomic mass is 35.5. The van der Waals surface area contributed by atoms with Gasteiger partial charge in [0.15, 0.2) is 0 Å². The zero-order valence-electron chi connectivity index (χ0n) is 73.4. The van der Waals surface area contributed by atoms with E-state index in [9.17, 15) is 48.3 Å². The van der Waals surface area contributed by atoms with Gasteiger partial charge in [0.2, 0.25) is 41.3 Å². The Hall–Kier alpha value is -11.2. The molecule has 30 nitrogen and oxygen atoms in total. The second-order valence-corrected chi connectivity index (χ2v) is 35.0. The largest absolute Gasteiger partial charge is 0.481 e. The van der Waals surface area contributed by atoms with Crippen molar-refractivity contribution in [2.45, 2.75) is 190 Å². The number of carbonyl (C=O) groups is 9. The Morgan fingerprint density at radius 3 is 1.15 bits per heavy atom. The van der Waals surface area contributed by atoms with Crippen LogP contribution in [0, 0.1) is 20.8 Å². The number of carboxylic acids is 1. The SMILES string of the molecule is C=CC(=O)N1CC(NC(=O)Cn2c(CC)c(C(=O)N3CCc4c(ccnc4OC)C3)c3cc(Cl)cc(C)c32)C1.CCc1c(C(=O)N2CCc3c(ccnc3OC)C2)c2cc(Cl)cc(C)c2n1CC(=O)NC1CN(C(=O)OC(C)(C)C)C1.CCc1c(C(=O)O)c2cc(Cl)cc(C)c2n1CC(=O)NC1CN(C(=O)OC(C)(C)C)C1.COc1nccc2c1CCNC2.Cl. The number of likely N-dealkylation sites (tertiary alicyclic amines) is 3. The molecule has 9 aromatic rings. The first-order valence-electron chi connectivity index (χ1n) is 41.7. The Kier molecular flexibility index (Phi) is 30.2. The van der Waals surface area contributed by atoms with Crippen LogP contribution in [0.25, 0.3) is 32.7 Å². The monoisotopic (exact) mass is 1790 g/mol. The molecule has 8 amide bonds. The third-order valence-corrected chi connectivity index (χ3v) is 23.3. The van der Waals surface area contributed by atoms with Crippen molar-refractivity contribution in [3.05, 3.63) is 185 Å². The Balaban J connectivity index is 0.000000171. The topological polar surface area (TPSA) is 338 Å². The first-order chi connectivity index (χ1) is 59.0. The van der Waals surface area contributed by atoms with Crippen LogP contribution in [0.3, 0.4) is 0 Å². The molecule has 668 valence electrons. The van der Waals surface area contributed by atoms with Crippen molar-refractivity contribution >= 4 is 134 Å². The molecule has 0 aliphatic carbocycles. The van der Waals surface area contributed by atoms with Crippen LogP contribution >= 0.6 is 47.2 Å². The van der Waals surface area contributed by atoms with E-state index in [2.05, 4.69) is 42.8 Å². The molecular weight excluding hydrogens is 1680 g/mol. The lowest BCUT2D eigenvalue weighted by Crippen LogP contribution is -2.61. The fraction of sp³-hybridized carbons (Fsp3) is 0.451. The lowest BCUT2D eigenvalue weighted by molar-refractivity contribution is -0.133. The Morgan fingerprint density at radius 1 is 0.496 bits per heavy atom. The number of pyridine rings is 3. The molecule has 3 saturated heterocycles. The summed E-state index contributed by atoms with van der Waals surface area (Å²) in [7, 11) is 4.88. The number of halogens is 4. The van der Waals surface area contributed by atoms with Crippen molar-refractivity contribution in [1.29, 1.82) is 0 Å². The number of amides is 8. The molecule has 3 fully saturated rings. The highest BCUT2D eigenvalue weighted by Crippen LogP contribution is 2.39. The summed E-state index contributed by atoms with van der Waals surface area (Å²) in [5.74, 6) is 0.0170. The van der Waals surface area contributed by atoms with Gasteiger partial charge in [-0.2, -0.15) is 0 Å². The molecule has 0 saturated carbocycles. The number of hydrogen-bond donors (Lipinski definition) is 5. The van der Waals surface area contributed by atoms with Gasteiger partial charge in [0, 0.05) is 156 Å². The molecule has 0 radical (unpaired) electrons. The van der Waals surface area contributed by atoms with Gasteiger partial charge in [-0.3, -0.25) is 28.8 Å². The van der Waals surface area contributed by atoms with Crippen molar-refractivity contribution in [1.82, 2.24) is 74.4 Å². The molecule has 0 bridgehead atoms. The summed E-state index contributed by atoms with van der Waals surface area (Å²) in [5, 5.41) is 25.6. The van der Waals surface area contributed by atoms with Gasteiger partial charge in [-0.05, 0) is 201 Å². The molecule has 0 atom stereocenters. The lowest BCUT2D eigenvalue weighted by Gasteiger charge is -2.40. The number of methoxy groups -OCH3 is 3. The van der Waals surface area contributed by atoms with E-state index < -0.39 is 23.3 Å². The summed E-state index contributed by atoms with van der Waals surface area (Å²) < 4.78 is 32.4. The maximum atomic E-state index is 14.2. The third kappa shape index (κ3) is 21.2. The van der Waals surface area contributed by atoms with Crippen LogP contribution in [0.15, 0.2) is 85.8 Å². The smallest absolute Gasteiger partial charge is 0.410 e. The van der Waals surface area contributed by atoms with Gasteiger partial charge >= 0.3 is 18.2 Å². The standard InChI is InChI=1S/C31H38ClN5O5.C29H32ClN5O4.C22H28ClN3O5.C9H12N2O.ClH/c1-7-24-26(29(39)35-11-9-22-19(14-35)8-10-33-28(22)41-6)23-13-20(32)12-18(2)27(23)37(24)17-25(38)34-21-15-36(16-21)30(40)42-31(3,4)5;1-5-23-26(29(38)33-10-8-21-18(13-33)7-9-31-28(21)39-4)22-12-19(30)11-17(3)27(22)35(23)16-24(36)32-20-14-34(15-20)25(37)6-2;1-6-16-18(20(28)29)15-8-13(23)7-12(2)19(15)26(16)11-17(27)24-14-9-25(10-14)21(30)31-22(3,4)5;1-12-9-8-3-4-10-6-7(8)2-5-11-9;/h8,10,12-13,21H,7,9,11,14-17H2,1-6H3,(H,34,38);6-7,9,11-12,20H,2,5,8,10,13-16H2,1,3-4H3,(H,32,36);7-8,14H,6,9-11H2,1-5H3,(H,24,27)(H,28,29);2,5,10H,3-4,6H2,1H3;1H. The van der Waals surface area contributed by atoms with Crippen LogP contribution in [0.4, 0.5) is 9.59 Å². The van der Waals surface area contributed by atoms with Gasteiger partial charge in [0.05, 0.1) is 72.7 Å². The predicted octanol–water partition coefficient (Wildman–Crippen LogP) is 12.5. The Labute approximate surface area is 748 Å². The first kappa shape index (κ1) is 94.5. The molecule has 6 aromatic heterocycles. The molecule has 5 N–H and O–H groups in total. The van der Waals surface area contributed by atoms with Crippen LogP contribution in [0.2, 0.25) is 15.1 Å². The third-order valence-electron chi connectivity index (χ3n) is 22.7. The van der Waals surface area contributed by atoms with Crippen LogP contribution in [-0.4, -0.2) is 221 Å². The van der Waals surface area contributed by atoms with Gasteiger partial charge in [-0.25, -0.2) is 29.3 Å². The van der Waals surface area contributed by atoms with Crippen LogP contribution < -0.4 is 35.5 Å². The highest BCUT2D eigenvalue weighted by molar-refractivity contribution is 6.33. The molecule has 6 aliphatic rings. The lowest BCUT2D eigenvalue weighted by atomic mass is 9.99. The van der Waals surface area contributed by atoms with Crippen molar-refractivity contribution in [3.8, 4) is 17.6 Å². The van der Waals surface area contributed by atoms with E-state index in [4.69, 9.17) is 58.5 Å². The fourth-order valence-corrected chi connectivity index (χ4v) is 18.0. The summed E-state index contributed by atoms with van der Waals surface area (Å²) in [4.78, 5) is 137. The summed E-state index contributed by atoms with van der Waals surface area (Å²) in [6.07, 6.45) is 9.56. The minimum atomic E-state index is -1.05. The first-order valence-corrected chi connectivity index (χ1v) is 42.8. The zero-order chi connectivity index (χ0) is 89.7. The van der Waals surface area contributed by atoms with Crippen molar-refractivity contribution in [2.75, 3.05) is 80.2 Å². The maximum absolute atomic E-state index is 14.2. The summed E-state index contributed by atoms with van der Waals surface area (Å²) >= 11 is 19.1. The number of nitrogens with zero attached hydrogens (tertiary/aromatic N) is 11. The molecule has 15 rings (SSSR count). The van der Waals surface area contributed by atoms with E-state index >= 15 is 0 Å². The highest BCUT2D eigenvalue weighted by Gasteiger charge is 2.40. The number of aryl methyl sites for hydroxylation is 3. The molecular formula is C91H111Cl4N15O15. The van der Waals surface area contributed by atoms with Gasteiger partial charge in [0.1, 0.15) is 30.8 Å². The normalized spacial score (nSPS) is 14.9. The van der Waals surface area contributed by atoms with Crippen molar-refractivity contribution < 1.29 is 71.9 Å². The predicted molar refractivity (Wildman–Crippen MR) is 480 cm³/mol. The number of aromatic carboxylic acids is 1. The van der Waals surface area contributed by atoms with Gasteiger partial charge in [-0.15, -0.1) is 12.4 Å². The van der Waals surface area contributed by atoms with Crippen LogP contribution in [0.5, 0.6) is 17.6 Å². The number of carbonyl (C=O) groups excluding carboxylic acids is 8. The van der Waals surface area contributed by atoms with Crippen molar-refractivity contribution in [3.63, 3.8) is 0 Å². The number of aromatic nitrogens is 6. The van der Waals surface area contributed by atoms with Gasteiger partial charge in [-0.1, -0.05) is 62.2 Å². The maximum Gasteiger partial charge on any atom is 0.410 e. The fourth-order valence-electron chi connectivity index (χ4n) is 17.2. The van der Waals surface area contributed by atoms with E-state index in [1.54, 1.807) is 87.2 Å². The van der Waals surface area contributed by atoms with E-state index in [0.29, 0.717) is 152 Å². The molecule has 0 unspecified atom stereocenters. The molecule has 12 heterocycles. The van der Waals surface area contributed by atoms with E-state index in [1.807, 2.05) is 124 Å². The van der Waals surface area contributed by atoms with E-state index in [-0.39, 0.29) is 97.3 Å². The molecule has 0 spiro atoms. The molecule has 3 aromatic carbocycles. The van der Waals surface area contributed by atoms with Crippen LogP contribution in [0.1, 0.15) is 161 Å². The number of carboxylic acid groups (broad SMARTS) is 1. The van der Waals surface area contributed by atoms with Crippen molar-refractivity contribution in [2.24, 2.45) is 0 Å². The molecule has 125 heavy (non-hydrogen) atoms. The number of rotatable bonds is 19. The minimum Gasteiger partial charge on any atom is -0.481 e. The van der Waals surface area contributed by atoms with E-state index in [1.165, 1.54) is 22.1 Å². The zero-order valence-corrected chi connectivity index (χ0v) is 76.5. The van der Waals surface area contributed by atoms with Crippen LogP contribution in [-0.2, 0) is 106 Å². The number of benzene rings is 3. The number of ether oxygens (including phenoxy) is 5. The van der Waals surface area contributed by atoms with Gasteiger partial charge in [0.25, 0.3) is 11.8 Å². The summed E-state index contributed by atoms with van der Waals surface area (Å²) in [6, 6.07) is 16.2. The average Bonchev–Trinajstić information content (AvgIpc) is 1.64. The number of fused-ring (bicyclic) bond motifs is 6. The second-order valence-electron chi connectivity index (χ2n) is 33.7. The Bertz CT molecular complexity index is 5640. The number of nitrogens with one attached hydrogen (secondary N) is 4. The minimum absolute atomic E-state index is 0. The van der Waals surface area contributed by atoms with Gasteiger partial charge < -0.3 is 88.3 Å². The summed E-state index contributed by atoms with van der Waals surface area (Å²) in [5.41, 5.74) is 13.9.